The van der Waals surface area contributed by atoms with Crippen LogP contribution in [0.1, 0.15) is 17.2 Å². The van der Waals surface area contributed by atoms with Crippen LogP contribution < -0.4 is 0 Å². The second-order valence-corrected chi connectivity index (χ2v) is 2.69. The number of aryl methyl sites for hydroxylation is 1. The summed E-state index contributed by atoms with van der Waals surface area (Å²) < 4.78 is 25.7. The molecule has 1 nitrogen and oxygen atoms in total. The molecule has 1 unspecified atom stereocenters. The SMILES string of the molecule is C#CC(O)c1cc(C)c(F)cc1F. The van der Waals surface area contributed by atoms with E-state index in [1.54, 1.807) is 0 Å². The highest BCUT2D eigenvalue weighted by molar-refractivity contribution is 5.30. The van der Waals surface area contributed by atoms with E-state index >= 15 is 0 Å². The van der Waals surface area contributed by atoms with Crippen molar-refractivity contribution < 1.29 is 13.9 Å². The molecule has 0 aliphatic rings. The summed E-state index contributed by atoms with van der Waals surface area (Å²) in [7, 11) is 0. The van der Waals surface area contributed by atoms with Gasteiger partial charge in [0.1, 0.15) is 17.7 Å². The minimum atomic E-state index is -1.32. The van der Waals surface area contributed by atoms with Crippen LogP contribution >= 0.6 is 0 Å². The summed E-state index contributed by atoms with van der Waals surface area (Å²) in [6.45, 7) is 1.47. The summed E-state index contributed by atoms with van der Waals surface area (Å²) in [6, 6.07) is 1.92. The third kappa shape index (κ3) is 1.85. The Labute approximate surface area is 75.0 Å². The van der Waals surface area contributed by atoms with Crippen LogP contribution in [-0.4, -0.2) is 5.11 Å². The number of hydrogen-bond donors (Lipinski definition) is 1. The number of rotatable bonds is 1. The fourth-order valence-corrected chi connectivity index (χ4v) is 0.979. The number of aliphatic hydroxyl groups is 1. The average molecular weight is 182 g/mol. The molecule has 1 aromatic rings. The first-order valence-electron chi connectivity index (χ1n) is 3.66. The predicted molar refractivity (Wildman–Crippen MR) is 44.9 cm³/mol. The maximum atomic E-state index is 13.0. The largest absolute Gasteiger partial charge is 0.376 e. The first-order chi connectivity index (χ1) is 6.06. The molecule has 1 rings (SSSR count). The number of aliphatic hydroxyl groups excluding tert-OH is 1. The van der Waals surface area contributed by atoms with Crippen molar-refractivity contribution >= 4 is 0 Å². The Balaban J connectivity index is 3.25. The average Bonchev–Trinajstić information content (AvgIpc) is 2.10. The van der Waals surface area contributed by atoms with Crippen LogP contribution in [0.25, 0.3) is 0 Å². The maximum Gasteiger partial charge on any atom is 0.142 e. The molecule has 1 aromatic carbocycles. The molecule has 0 bridgehead atoms. The van der Waals surface area contributed by atoms with Crippen LogP contribution in [0.2, 0.25) is 0 Å². The maximum absolute atomic E-state index is 13.0. The van der Waals surface area contributed by atoms with E-state index in [-0.39, 0.29) is 11.1 Å². The monoisotopic (exact) mass is 182 g/mol. The fourth-order valence-electron chi connectivity index (χ4n) is 0.979. The molecule has 0 aliphatic carbocycles. The smallest absolute Gasteiger partial charge is 0.142 e. The number of terminal acetylenes is 1. The minimum absolute atomic E-state index is 0.0681. The van der Waals surface area contributed by atoms with E-state index in [0.717, 1.165) is 0 Å². The number of hydrogen-bond acceptors (Lipinski definition) is 1. The normalized spacial score (nSPS) is 12.2. The van der Waals surface area contributed by atoms with Gasteiger partial charge in [0.05, 0.1) is 0 Å². The Hall–Kier alpha value is -1.40. The lowest BCUT2D eigenvalue weighted by atomic mass is 10.1. The lowest BCUT2D eigenvalue weighted by Gasteiger charge is -2.06. The summed E-state index contributed by atoms with van der Waals surface area (Å²) in [5.41, 5.74) is 0.187. The highest BCUT2D eigenvalue weighted by atomic mass is 19.1. The van der Waals surface area contributed by atoms with Crippen molar-refractivity contribution in [1.29, 1.82) is 0 Å². The van der Waals surface area contributed by atoms with E-state index in [4.69, 9.17) is 11.5 Å². The van der Waals surface area contributed by atoms with Crippen molar-refractivity contribution in [3.63, 3.8) is 0 Å². The summed E-state index contributed by atoms with van der Waals surface area (Å²) in [4.78, 5) is 0. The van der Waals surface area contributed by atoms with E-state index in [1.807, 2.05) is 5.92 Å². The van der Waals surface area contributed by atoms with Gasteiger partial charge in [-0.2, -0.15) is 0 Å². The summed E-state index contributed by atoms with van der Waals surface area (Å²) in [5, 5.41) is 9.13. The van der Waals surface area contributed by atoms with Crippen LogP contribution in [0.3, 0.4) is 0 Å². The second kappa shape index (κ2) is 3.55. The van der Waals surface area contributed by atoms with Gasteiger partial charge in [-0.05, 0) is 18.6 Å². The Morgan fingerprint density at radius 1 is 1.38 bits per heavy atom. The Morgan fingerprint density at radius 2 is 2.00 bits per heavy atom. The van der Waals surface area contributed by atoms with Gasteiger partial charge < -0.3 is 5.11 Å². The second-order valence-electron chi connectivity index (χ2n) is 2.69. The topological polar surface area (TPSA) is 20.2 Å². The van der Waals surface area contributed by atoms with Crippen molar-refractivity contribution in [3.05, 3.63) is 34.9 Å². The molecule has 13 heavy (non-hydrogen) atoms. The van der Waals surface area contributed by atoms with Crippen LogP contribution in [0.15, 0.2) is 12.1 Å². The molecule has 0 radical (unpaired) electrons. The van der Waals surface area contributed by atoms with E-state index in [1.165, 1.54) is 13.0 Å². The van der Waals surface area contributed by atoms with Crippen molar-refractivity contribution in [2.45, 2.75) is 13.0 Å². The van der Waals surface area contributed by atoms with Crippen LogP contribution in [-0.2, 0) is 0 Å². The van der Waals surface area contributed by atoms with Crippen molar-refractivity contribution in [1.82, 2.24) is 0 Å². The molecule has 1 atom stereocenters. The zero-order valence-electron chi connectivity index (χ0n) is 7.01. The highest BCUT2D eigenvalue weighted by Gasteiger charge is 2.12. The standard InChI is InChI=1S/C10H8F2O/c1-3-10(13)7-4-6(2)8(11)5-9(7)12/h1,4-5,10,13H,2H3. The van der Waals surface area contributed by atoms with Gasteiger partial charge in [0.15, 0.2) is 0 Å². The molecule has 1 N–H and O–H groups in total. The molecule has 0 saturated carbocycles. The van der Waals surface area contributed by atoms with Gasteiger partial charge in [-0.1, -0.05) is 5.92 Å². The van der Waals surface area contributed by atoms with Gasteiger partial charge in [-0.25, -0.2) is 8.78 Å². The summed E-state index contributed by atoms with van der Waals surface area (Å²) >= 11 is 0. The molecule has 0 spiro atoms. The molecule has 0 aromatic heterocycles. The van der Waals surface area contributed by atoms with Gasteiger partial charge in [-0.15, -0.1) is 6.42 Å². The Kier molecular flexibility index (Phi) is 2.64. The molecule has 68 valence electrons. The van der Waals surface area contributed by atoms with Gasteiger partial charge >= 0.3 is 0 Å². The lowest BCUT2D eigenvalue weighted by molar-refractivity contribution is 0.232. The summed E-state index contributed by atoms with van der Waals surface area (Å²) in [6.07, 6.45) is 3.58. The quantitative estimate of drug-likeness (QED) is 0.658. The molecule has 0 heterocycles. The summed E-state index contributed by atoms with van der Waals surface area (Å²) in [5.74, 6) is 0.489. The minimum Gasteiger partial charge on any atom is -0.376 e. The molecule has 3 heteroatoms. The van der Waals surface area contributed by atoms with E-state index < -0.39 is 17.7 Å². The fraction of sp³-hybridized carbons (Fsp3) is 0.200. The van der Waals surface area contributed by atoms with Gasteiger partial charge in [0.25, 0.3) is 0 Å². The highest BCUT2D eigenvalue weighted by Crippen LogP contribution is 2.19. The number of benzene rings is 1. The van der Waals surface area contributed by atoms with Crippen LogP contribution in [0, 0.1) is 30.9 Å². The van der Waals surface area contributed by atoms with E-state index in [9.17, 15) is 8.78 Å². The van der Waals surface area contributed by atoms with Gasteiger partial charge in [0, 0.05) is 11.6 Å². The first kappa shape index (κ1) is 9.69. The molecule has 0 fully saturated rings. The Bertz CT molecular complexity index is 366. The molecule has 0 aliphatic heterocycles. The van der Waals surface area contributed by atoms with Gasteiger partial charge in [-0.3, -0.25) is 0 Å². The first-order valence-corrected chi connectivity index (χ1v) is 3.66. The van der Waals surface area contributed by atoms with Crippen molar-refractivity contribution in [2.75, 3.05) is 0 Å². The zero-order chi connectivity index (χ0) is 10.0. The third-order valence-electron chi connectivity index (χ3n) is 1.73. The zero-order valence-corrected chi connectivity index (χ0v) is 7.01. The van der Waals surface area contributed by atoms with E-state index in [2.05, 4.69) is 0 Å². The number of halogens is 2. The van der Waals surface area contributed by atoms with Crippen LogP contribution in [0.5, 0.6) is 0 Å². The third-order valence-corrected chi connectivity index (χ3v) is 1.73. The van der Waals surface area contributed by atoms with Crippen molar-refractivity contribution in [2.24, 2.45) is 0 Å². The predicted octanol–water partition coefficient (Wildman–Crippen LogP) is 1.94. The van der Waals surface area contributed by atoms with Crippen molar-refractivity contribution in [3.8, 4) is 12.3 Å². The van der Waals surface area contributed by atoms with Crippen LogP contribution in [0.4, 0.5) is 8.78 Å². The van der Waals surface area contributed by atoms with Gasteiger partial charge in [0.2, 0.25) is 0 Å². The molecule has 0 amide bonds. The van der Waals surface area contributed by atoms with E-state index in [0.29, 0.717) is 6.07 Å². The Morgan fingerprint density at radius 3 is 2.54 bits per heavy atom. The lowest BCUT2D eigenvalue weighted by Crippen LogP contribution is -2.00. The molecular weight excluding hydrogens is 174 g/mol. The molecular formula is C10H8F2O. The molecule has 0 saturated heterocycles.